The first kappa shape index (κ1) is 20.0. The van der Waals surface area contributed by atoms with Gasteiger partial charge in [-0.2, -0.15) is 18.4 Å². The van der Waals surface area contributed by atoms with Crippen LogP contribution in [0.5, 0.6) is 0 Å². The molecule has 0 aliphatic rings. The van der Waals surface area contributed by atoms with Gasteiger partial charge < -0.3 is 5.11 Å². The first-order chi connectivity index (χ1) is 12.0. The number of hydrogen-bond acceptors (Lipinski definition) is 2. The quantitative estimate of drug-likeness (QED) is 0.808. The number of halogens is 3. The second-order valence-electron chi connectivity index (χ2n) is 7.35. The minimum atomic E-state index is -4.82. The van der Waals surface area contributed by atoms with E-state index in [-0.39, 0.29) is 11.1 Å². The number of nitrogens with zero attached hydrogens (tertiary/aromatic N) is 1. The molecule has 2 nitrogen and oxygen atoms in total. The van der Waals surface area contributed by atoms with E-state index in [2.05, 4.69) is 0 Å². The van der Waals surface area contributed by atoms with E-state index in [4.69, 9.17) is 5.26 Å². The molecule has 0 amide bonds. The highest BCUT2D eigenvalue weighted by Crippen LogP contribution is 2.43. The van der Waals surface area contributed by atoms with Crippen molar-refractivity contribution in [3.63, 3.8) is 0 Å². The summed E-state index contributed by atoms with van der Waals surface area (Å²) < 4.78 is 41.5. The summed E-state index contributed by atoms with van der Waals surface area (Å²) >= 11 is 0. The Kier molecular flexibility index (Phi) is 5.48. The third-order valence-corrected chi connectivity index (χ3v) is 4.76. The highest BCUT2D eigenvalue weighted by atomic mass is 19.4. The molecule has 0 aromatic heterocycles. The van der Waals surface area contributed by atoms with Crippen LogP contribution in [0.1, 0.15) is 42.5 Å². The summed E-state index contributed by atoms with van der Waals surface area (Å²) in [5.74, 6) is 0. The zero-order chi connectivity index (χ0) is 19.6. The number of rotatable bonds is 5. The first-order valence-corrected chi connectivity index (χ1v) is 8.33. The Labute approximate surface area is 151 Å². The summed E-state index contributed by atoms with van der Waals surface area (Å²) in [4.78, 5) is 0. The maximum absolute atomic E-state index is 13.8. The lowest BCUT2D eigenvalue weighted by atomic mass is 9.71. The molecule has 0 radical (unpaired) electrons. The van der Waals surface area contributed by atoms with Gasteiger partial charge in [0.25, 0.3) is 0 Å². The molecule has 2 aromatic carbocycles. The smallest absolute Gasteiger partial charge is 0.380 e. The van der Waals surface area contributed by atoms with E-state index in [0.29, 0.717) is 0 Å². The van der Waals surface area contributed by atoms with Gasteiger partial charge in [-0.1, -0.05) is 56.3 Å². The van der Waals surface area contributed by atoms with Crippen molar-refractivity contribution in [2.45, 2.75) is 50.8 Å². The van der Waals surface area contributed by atoms with Gasteiger partial charge in [-0.15, -0.1) is 0 Å². The summed E-state index contributed by atoms with van der Waals surface area (Å²) in [6.45, 7) is 5.24. The molecule has 1 N–H and O–H groups in total. The molecule has 0 bridgehead atoms. The predicted octanol–water partition coefficient (Wildman–Crippen LogP) is 5.07. The van der Waals surface area contributed by atoms with Crippen molar-refractivity contribution in [2.24, 2.45) is 0 Å². The maximum atomic E-state index is 13.8. The van der Waals surface area contributed by atoms with Gasteiger partial charge in [0.1, 0.15) is 0 Å². The summed E-state index contributed by atoms with van der Waals surface area (Å²) in [5, 5.41) is 19.8. The van der Waals surface area contributed by atoms with Gasteiger partial charge in [0.2, 0.25) is 0 Å². The van der Waals surface area contributed by atoms with Crippen LogP contribution in [0.25, 0.3) is 0 Å². The topological polar surface area (TPSA) is 44.0 Å². The summed E-state index contributed by atoms with van der Waals surface area (Å²) in [5.41, 5.74) is -1.88. The Balaban J connectivity index is 2.45. The van der Waals surface area contributed by atoms with E-state index in [1.807, 2.05) is 25.1 Å². The number of aliphatic hydroxyl groups is 1. The minimum Gasteiger partial charge on any atom is -0.380 e. The number of aryl methyl sites for hydroxylation is 1. The number of alkyl halides is 3. The largest absolute Gasteiger partial charge is 0.417 e. The molecule has 0 spiro atoms. The molecule has 2 aromatic rings. The van der Waals surface area contributed by atoms with Crippen LogP contribution in [0.3, 0.4) is 0 Å². The van der Waals surface area contributed by atoms with E-state index in [1.54, 1.807) is 38.1 Å². The standard InChI is InChI=1S/C21H22F3NO/c1-15-8-4-7-11-18(15)19(2,3)14-20(26,21(22,23)24)12-16-9-5-6-10-17(16)13-25/h4-11,26H,12,14H2,1-3H3. The molecule has 0 fully saturated rings. The van der Waals surface area contributed by atoms with Crippen LogP contribution >= 0.6 is 0 Å². The van der Waals surface area contributed by atoms with Crippen LogP contribution in [0.15, 0.2) is 48.5 Å². The minimum absolute atomic E-state index is 0.142. The van der Waals surface area contributed by atoms with E-state index >= 15 is 0 Å². The fraction of sp³-hybridized carbons (Fsp3) is 0.381. The van der Waals surface area contributed by atoms with Gasteiger partial charge in [-0.05, 0) is 41.5 Å². The fourth-order valence-electron chi connectivity index (χ4n) is 3.52. The lowest BCUT2D eigenvalue weighted by molar-refractivity contribution is -0.266. The lowest BCUT2D eigenvalue weighted by Gasteiger charge is -2.38. The number of hydrogen-bond donors (Lipinski definition) is 1. The normalized spacial score (nSPS) is 14.5. The molecule has 138 valence electrons. The molecule has 2 rings (SSSR count). The van der Waals surface area contributed by atoms with E-state index < -0.39 is 30.0 Å². The fourth-order valence-corrected chi connectivity index (χ4v) is 3.52. The average molecular weight is 361 g/mol. The monoisotopic (exact) mass is 361 g/mol. The Morgan fingerprint density at radius 3 is 2.15 bits per heavy atom. The summed E-state index contributed by atoms with van der Waals surface area (Å²) in [6, 6.07) is 15.2. The zero-order valence-electron chi connectivity index (χ0n) is 15.1. The number of benzene rings is 2. The van der Waals surface area contributed by atoms with Crippen molar-refractivity contribution in [3.8, 4) is 6.07 Å². The Hall–Kier alpha value is -2.32. The second-order valence-corrected chi connectivity index (χ2v) is 7.35. The Morgan fingerprint density at radius 2 is 1.58 bits per heavy atom. The van der Waals surface area contributed by atoms with Crippen molar-refractivity contribution in [1.82, 2.24) is 0 Å². The average Bonchev–Trinajstić information content (AvgIpc) is 2.54. The summed E-state index contributed by atoms with van der Waals surface area (Å²) in [7, 11) is 0. The third-order valence-electron chi connectivity index (χ3n) is 4.76. The van der Waals surface area contributed by atoms with Crippen molar-refractivity contribution in [2.75, 3.05) is 0 Å². The van der Waals surface area contributed by atoms with Crippen LogP contribution in [0.2, 0.25) is 0 Å². The molecular weight excluding hydrogens is 339 g/mol. The molecule has 0 aliphatic heterocycles. The van der Waals surface area contributed by atoms with Crippen LogP contribution < -0.4 is 0 Å². The summed E-state index contributed by atoms with van der Waals surface area (Å²) in [6.07, 6.45) is -5.99. The zero-order valence-corrected chi connectivity index (χ0v) is 15.1. The Bertz CT molecular complexity index is 820. The molecule has 1 unspecified atom stereocenters. The maximum Gasteiger partial charge on any atom is 0.417 e. The van der Waals surface area contributed by atoms with Gasteiger partial charge >= 0.3 is 6.18 Å². The molecule has 0 aliphatic carbocycles. The van der Waals surface area contributed by atoms with Gasteiger partial charge in [-0.3, -0.25) is 0 Å². The molecule has 1 atom stereocenters. The van der Waals surface area contributed by atoms with Gasteiger partial charge in [0.15, 0.2) is 5.60 Å². The van der Waals surface area contributed by atoms with Crippen LogP contribution in [0.4, 0.5) is 13.2 Å². The predicted molar refractivity (Wildman–Crippen MR) is 94.7 cm³/mol. The Morgan fingerprint density at radius 1 is 1.00 bits per heavy atom. The van der Waals surface area contributed by atoms with Crippen LogP contribution in [0, 0.1) is 18.3 Å². The molecule has 5 heteroatoms. The molecule has 26 heavy (non-hydrogen) atoms. The number of nitriles is 1. The third kappa shape index (κ3) is 4.08. The second kappa shape index (κ2) is 7.13. The van der Waals surface area contributed by atoms with Gasteiger partial charge in [0.05, 0.1) is 11.6 Å². The van der Waals surface area contributed by atoms with Crippen molar-refractivity contribution in [3.05, 3.63) is 70.8 Å². The van der Waals surface area contributed by atoms with Gasteiger partial charge in [0, 0.05) is 6.42 Å². The van der Waals surface area contributed by atoms with Gasteiger partial charge in [-0.25, -0.2) is 0 Å². The lowest BCUT2D eigenvalue weighted by Crippen LogP contribution is -2.51. The highest BCUT2D eigenvalue weighted by molar-refractivity contribution is 5.39. The van der Waals surface area contributed by atoms with Crippen LogP contribution in [-0.2, 0) is 11.8 Å². The van der Waals surface area contributed by atoms with Crippen LogP contribution in [-0.4, -0.2) is 16.9 Å². The molecular formula is C21H22F3NO. The van der Waals surface area contributed by atoms with E-state index in [9.17, 15) is 18.3 Å². The van der Waals surface area contributed by atoms with E-state index in [1.165, 1.54) is 12.1 Å². The first-order valence-electron chi connectivity index (χ1n) is 8.33. The molecule has 0 saturated carbocycles. The van der Waals surface area contributed by atoms with Crippen molar-refractivity contribution < 1.29 is 18.3 Å². The highest BCUT2D eigenvalue weighted by Gasteiger charge is 2.56. The van der Waals surface area contributed by atoms with Crippen molar-refractivity contribution >= 4 is 0 Å². The van der Waals surface area contributed by atoms with Crippen molar-refractivity contribution in [1.29, 1.82) is 5.26 Å². The van der Waals surface area contributed by atoms with E-state index in [0.717, 1.165) is 11.1 Å². The molecule has 0 heterocycles. The molecule has 0 saturated heterocycles. The SMILES string of the molecule is Cc1ccccc1C(C)(C)CC(O)(Cc1ccccc1C#N)C(F)(F)F.